The van der Waals surface area contributed by atoms with E-state index in [0.717, 1.165) is 11.3 Å². The Balaban J connectivity index is 1.89. The molecular formula is C15H20BN3O2. The van der Waals surface area contributed by atoms with Gasteiger partial charge in [-0.3, -0.25) is 0 Å². The predicted octanol–water partition coefficient (Wildman–Crippen LogP) is 1.87. The van der Waals surface area contributed by atoms with Gasteiger partial charge in [0.25, 0.3) is 0 Å². The lowest BCUT2D eigenvalue weighted by molar-refractivity contribution is 0.00578. The summed E-state index contributed by atoms with van der Waals surface area (Å²) in [5, 5.41) is 8.40. The van der Waals surface area contributed by atoms with Crippen LogP contribution in [-0.4, -0.2) is 33.3 Å². The van der Waals surface area contributed by atoms with Gasteiger partial charge in [0.2, 0.25) is 0 Å². The highest BCUT2D eigenvalue weighted by atomic mass is 16.7. The minimum Gasteiger partial charge on any atom is -0.398 e. The van der Waals surface area contributed by atoms with Crippen LogP contribution in [0.2, 0.25) is 0 Å². The third-order valence-electron chi connectivity index (χ3n) is 4.37. The monoisotopic (exact) mass is 285 g/mol. The van der Waals surface area contributed by atoms with Crippen molar-refractivity contribution in [3.05, 3.63) is 36.0 Å². The number of hydrogen-bond donors (Lipinski definition) is 0. The number of benzene rings is 1. The largest absolute Gasteiger partial charge is 0.518 e. The molecule has 21 heavy (non-hydrogen) atoms. The van der Waals surface area contributed by atoms with Gasteiger partial charge in [-0.25, -0.2) is 4.68 Å². The van der Waals surface area contributed by atoms with Crippen molar-refractivity contribution < 1.29 is 9.31 Å². The first kappa shape index (κ1) is 14.3. The van der Waals surface area contributed by atoms with Crippen molar-refractivity contribution in [2.45, 2.75) is 45.8 Å². The summed E-state index contributed by atoms with van der Waals surface area (Å²) in [5.41, 5.74) is 2.10. The van der Waals surface area contributed by atoms with Crippen molar-refractivity contribution in [2.24, 2.45) is 0 Å². The van der Waals surface area contributed by atoms with E-state index in [1.165, 1.54) is 0 Å². The van der Waals surface area contributed by atoms with Crippen LogP contribution < -0.4 is 5.59 Å². The predicted molar refractivity (Wildman–Crippen MR) is 81.8 cm³/mol. The molecule has 2 aromatic rings. The topological polar surface area (TPSA) is 49.2 Å². The van der Waals surface area contributed by atoms with Crippen molar-refractivity contribution in [3.63, 3.8) is 0 Å². The molecule has 0 unspecified atom stereocenters. The zero-order chi connectivity index (χ0) is 15.3. The van der Waals surface area contributed by atoms with Crippen LogP contribution in [0.4, 0.5) is 0 Å². The van der Waals surface area contributed by atoms with E-state index < -0.39 is 7.12 Å². The summed E-state index contributed by atoms with van der Waals surface area (Å²) in [6.07, 6.45) is 1.87. The minimum absolute atomic E-state index is 0.371. The maximum Gasteiger partial charge on any atom is 0.518 e. The van der Waals surface area contributed by atoms with E-state index in [0.29, 0.717) is 5.59 Å². The smallest absolute Gasteiger partial charge is 0.398 e. The Morgan fingerprint density at radius 2 is 1.67 bits per heavy atom. The molecule has 1 aromatic carbocycles. The third kappa shape index (κ3) is 2.38. The molecular weight excluding hydrogens is 265 g/mol. The van der Waals surface area contributed by atoms with Crippen LogP contribution in [0, 0.1) is 6.92 Å². The van der Waals surface area contributed by atoms with Crippen LogP contribution in [-0.2, 0) is 9.31 Å². The Bertz CT molecular complexity index is 650. The van der Waals surface area contributed by atoms with Gasteiger partial charge in [-0.15, -0.1) is 5.10 Å². The molecule has 0 amide bonds. The first-order valence-electron chi connectivity index (χ1n) is 7.14. The van der Waals surface area contributed by atoms with Crippen LogP contribution in [0.3, 0.4) is 0 Å². The summed E-state index contributed by atoms with van der Waals surface area (Å²) < 4.78 is 13.7. The van der Waals surface area contributed by atoms with Crippen molar-refractivity contribution in [1.29, 1.82) is 0 Å². The highest BCUT2D eigenvalue weighted by molar-refractivity contribution is 6.61. The molecule has 1 aromatic heterocycles. The number of para-hydroxylation sites is 1. The maximum atomic E-state index is 5.99. The molecule has 1 aliphatic rings. The molecule has 3 rings (SSSR count). The molecule has 0 bridgehead atoms. The lowest BCUT2D eigenvalue weighted by Gasteiger charge is -2.32. The van der Waals surface area contributed by atoms with Gasteiger partial charge in [0.15, 0.2) is 0 Å². The second-order valence-electron chi connectivity index (χ2n) is 6.46. The number of rotatable bonds is 2. The van der Waals surface area contributed by atoms with Crippen LogP contribution in [0.1, 0.15) is 33.3 Å². The zero-order valence-electron chi connectivity index (χ0n) is 13.1. The van der Waals surface area contributed by atoms with E-state index in [4.69, 9.17) is 9.31 Å². The first-order valence-corrected chi connectivity index (χ1v) is 7.14. The second kappa shape index (κ2) is 4.68. The van der Waals surface area contributed by atoms with Gasteiger partial charge in [-0.1, -0.05) is 23.4 Å². The number of nitrogens with zero attached hydrogens (tertiary/aromatic N) is 3. The molecule has 1 fully saturated rings. The first-order chi connectivity index (χ1) is 9.80. The summed E-state index contributed by atoms with van der Waals surface area (Å²) in [4.78, 5) is 0. The summed E-state index contributed by atoms with van der Waals surface area (Å²) in [5.74, 6) is 0. The van der Waals surface area contributed by atoms with Crippen molar-refractivity contribution >= 4 is 12.7 Å². The van der Waals surface area contributed by atoms with Gasteiger partial charge in [-0.2, -0.15) is 0 Å². The van der Waals surface area contributed by atoms with E-state index in [9.17, 15) is 0 Å². The molecule has 1 aliphatic heterocycles. The molecule has 1 saturated heterocycles. The van der Waals surface area contributed by atoms with Gasteiger partial charge >= 0.3 is 7.12 Å². The lowest BCUT2D eigenvalue weighted by atomic mass is 9.86. The summed E-state index contributed by atoms with van der Waals surface area (Å²) in [7, 11) is -0.479. The average Bonchev–Trinajstić information content (AvgIpc) is 2.94. The van der Waals surface area contributed by atoms with Gasteiger partial charge < -0.3 is 9.31 Å². The quantitative estimate of drug-likeness (QED) is 0.790. The summed E-state index contributed by atoms with van der Waals surface area (Å²) in [6, 6.07) is 8.05. The van der Waals surface area contributed by atoms with Gasteiger partial charge in [-0.05, 0) is 46.2 Å². The molecule has 0 atom stereocenters. The van der Waals surface area contributed by atoms with E-state index >= 15 is 0 Å². The van der Waals surface area contributed by atoms with E-state index in [2.05, 4.69) is 10.3 Å². The minimum atomic E-state index is -0.479. The number of aromatic nitrogens is 3. The number of hydrogen-bond acceptors (Lipinski definition) is 4. The highest BCUT2D eigenvalue weighted by Crippen LogP contribution is 2.36. The van der Waals surface area contributed by atoms with Crippen LogP contribution >= 0.6 is 0 Å². The lowest BCUT2D eigenvalue weighted by Crippen LogP contribution is -2.41. The Labute approximate surface area is 125 Å². The molecule has 0 radical (unpaired) electrons. The summed E-state index contributed by atoms with van der Waals surface area (Å²) in [6.45, 7) is 10.2. The van der Waals surface area contributed by atoms with Crippen molar-refractivity contribution in [3.8, 4) is 5.69 Å². The number of aryl methyl sites for hydroxylation is 1. The summed E-state index contributed by atoms with van der Waals surface area (Å²) >= 11 is 0. The molecule has 0 aliphatic carbocycles. The van der Waals surface area contributed by atoms with E-state index in [-0.39, 0.29) is 11.2 Å². The molecule has 5 nitrogen and oxygen atoms in total. The fraction of sp³-hybridized carbons (Fsp3) is 0.467. The van der Waals surface area contributed by atoms with Gasteiger partial charge in [0, 0.05) is 0 Å². The average molecular weight is 285 g/mol. The third-order valence-corrected chi connectivity index (χ3v) is 4.37. The molecule has 110 valence electrons. The Morgan fingerprint density at radius 3 is 2.29 bits per heavy atom. The second-order valence-corrected chi connectivity index (χ2v) is 6.46. The molecule has 0 spiro atoms. The Hall–Kier alpha value is -1.66. The van der Waals surface area contributed by atoms with Crippen molar-refractivity contribution in [1.82, 2.24) is 15.0 Å². The highest BCUT2D eigenvalue weighted by Gasteiger charge is 2.52. The molecule has 6 heteroatoms. The van der Waals surface area contributed by atoms with Crippen LogP contribution in [0.5, 0.6) is 0 Å². The molecule has 0 N–H and O–H groups in total. The SMILES string of the molecule is Cc1ccccc1-n1cc(B2OC(C)(C)C(C)(C)O2)nn1. The fourth-order valence-corrected chi connectivity index (χ4v) is 2.29. The Kier molecular flexibility index (Phi) is 3.18. The molecule has 2 heterocycles. The Morgan fingerprint density at radius 1 is 1.05 bits per heavy atom. The van der Waals surface area contributed by atoms with Crippen LogP contribution in [0.15, 0.2) is 30.5 Å². The van der Waals surface area contributed by atoms with Gasteiger partial charge in [0.05, 0.1) is 23.1 Å². The molecule has 0 saturated carbocycles. The van der Waals surface area contributed by atoms with E-state index in [1.54, 1.807) is 4.68 Å². The van der Waals surface area contributed by atoms with Gasteiger partial charge in [0.1, 0.15) is 5.59 Å². The zero-order valence-corrected chi connectivity index (χ0v) is 13.1. The van der Waals surface area contributed by atoms with Crippen LogP contribution in [0.25, 0.3) is 5.69 Å². The fourth-order valence-electron chi connectivity index (χ4n) is 2.29. The van der Waals surface area contributed by atoms with E-state index in [1.807, 2.05) is 65.1 Å². The maximum absolute atomic E-state index is 5.99. The van der Waals surface area contributed by atoms with Crippen molar-refractivity contribution in [2.75, 3.05) is 0 Å². The standard InChI is InChI=1S/C15H20BN3O2/c1-11-8-6-7-9-12(11)19-10-13(17-18-19)16-20-14(2,3)15(4,5)21-16/h6-10H,1-5H3. The normalized spacial score (nSPS) is 20.0.